The fraction of sp³-hybridized carbons (Fsp3) is 0.400. The van der Waals surface area contributed by atoms with Crippen molar-refractivity contribution in [3.8, 4) is 0 Å². The zero-order chi connectivity index (χ0) is 19.4. The molecule has 0 amide bonds. The van der Waals surface area contributed by atoms with Crippen LogP contribution in [0.15, 0.2) is 42.5 Å². The first-order valence-electron chi connectivity index (χ1n) is 8.77. The van der Waals surface area contributed by atoms with Crippen molar-refractivity contribution < 1.29 is 26.3 Å². The van der Waals surface area contributed by atoms with Crippen LogP contribution in [0.5, 0.6) is 0 Å². The molecular formula is C20H17F6N. The van der Waals surface area contributed by atoms with Gasteiger partial charge in [0.2, 0.25) is 0 Å². The van der Waals surface area contributed by atoms with E-state index in [1.807, 2.05) is 18.2 Å². The minimum atomic E-state index is -4.83. The van der Waals surface area contributed by atoms with Crippen molar-refractivity contribution in [2.45, 2.75) is 37.2 Å². The summed E-state index contributed by atoms with van der Waals surface area (Å²) < 4.78 is 79.4. The lowest BCUT2D eigenvalue weighted by Gasteiger charge is -2.37. The molecule has 0 aliphatic carbocycles. The van der Waals surface area contributed by atoms with E-state index >= 15 is 0 Å². The molecule has 0 saturated carbocycles. The number of nitrogens with zero attached hydrogens (tertiary/aromatic N) is 1. The molecule has 2 atom stereocenters. The van der Waals surface area contributed by atoms with Gasteiger partial charge in [0.05, 0.1) is 11.1 Å². The number of benzene rings is 2. The number of alkyl halides is 6. The van der Waals surface area contributed by atoms with E-state index in [1.165, 1.54) is 0 Å². The lowest BCUT2D eigenvalue weighted by Crippen LogP contribution is -2.34. The Bertz CT molecular complexity index is 822. The summed E-state index contributed by atoms with van der Waals surface area (Å²) in [5, 5.41) is 0. The van der Waals surface area contributed by atoms with Crippen molar-refractivity contribution in [3.63, 3.8) is 0 Å². The van der Waals surface area contributed by atoms with Gasteiger partial charge in [-0.1, -0.05) is 24.3 Å². The number of fused-ring (bicyclic) bond motifs is 3. The molecule has 2 aromatic carbocycles. The maximum atomic E-state index is 13.2. The van der Waals surface area contributed by atoms with Crippen molar-refractivity contribution in [2.75, 3.05) is 13.1 Å². The second-order valence-electron chi connectivity index (χ2n) is 7.17. The molecule has 2 aliphatic rings. The van der Waals surface area contributed by atoms with E-state index < -0.39 is 29.4 Å². The molecule has 0 unspecified atom stereocenters. The Kier molecular flexibility index (Phi) is 4.25. The molecule has 27 heavy (non-hydrogen) atoms. The predicted octanol–water partition coefficient (Wildman–Crippen LogP) is 6.01. The second kappa shape index (κ2) is 6.26. The molecule has 2 aromatic rings. The Balaban J connectivity index is 1.87. The van der Waals surface area contributed by atoms with Gasteiger partial charge in [-0.15, -0.1) is 0 Å². The molecule has 144 valence electrons. The van der Waals surface area contributed by atoms with Crippen molar-refractivity contribution in [2.24, 2.45) is 0 Å². The molecule has 0 bridgehead atoms. The molecule has 0 spiro atoms. The molecule has 2 heterocycles. The quantitative estimate of drug-likeness (QED) is 0.544. The van der Waals surface area contributed by atoms with Crippen molar-refractivity contribution in [1.29, 1.82) is 0 Å². The van der Waals surface area contributed by atoms with Gasteiger partial charge < -0.3 is 0 Å². The maximum absolute atomic E-state index is 13.2. The summed E-state index contributed by atoms with van der Waals surface area (Å²) in [7, 11) is 0. The number of hydrogen-bond donors (Lipinski definition) is 0. The summed E-state index contributed by atoms with van der Waals surface area (Å²) >= 11 is 0. The highest BCUT2D eigenvalue weighted by atomic mass is 19.4. The summed E-state index contributed by atoms with van der Waals surface area (Å²) in [6, 6.07) is 9.54. The molecular weight excluding hydrogens is 368 g/mol. The van der Waals surface area contributed by atoms with Gasteiger partial charge >= 0.3 is 12.4 Å². The summed E-state index contributed by atoms with van der Waals surface area (Å²) in [6.45, 7) is 1.24. The van der Waals surface area contributed by atoms with E-state index in [0.717, 1.165) is 42.6 Å². The van der Waals surface area contributed by atoms with Crippen molar-refractivity contribution in [1.82, 2.24) is 4.90 Å². The second-order valence-corrected chi connectivity index (χ2v) is 7.17. The third-order valence-corrected chi connectivity index (χ3v) is 5.52. The third kappa shape index (κ3) is 3.33. The molecule has 7 heteroatoms. The van der Waals surface area contributed by atoms with Gasteiger partial charge in [-0.3, -0.25) is 4.90 Å². The minimum Gasteiger partial charge on any atom is -0.295 e. The van der Waals surface area contributed by atoms with Crippen LogP contribution in [-0.2, 0) is 12.4 Å². The first kappa shape index (κ1) is 18.3. The van der Waals surface area contributed by atoms with Crippen molar-refractivity contribution >= 4 is 0 Å². The van der Waals surface area contributed by atoms with Crippen LogP contribution in [0, 0.1) is 0 Å². The summed E-state index contributed by atoms with van der Waals surface area (Å²) in [5.41, 5.74) is -0.609. The van der Waals surface area contributed by atoms with Crippen LogP contribution in [0.25, 0.3) is 0 Å². The average molecular weight is 385 g/mol. The summed E-state index contributed by atoms with van der Waals surface area (Å²) in [5.74, 6) is -0.515. The predicted molar refractivity (Wildman–Crippen MR) is 88.3 cm³/mol. The Morgan fingerprint density at radius 3 is 2.00 bits per heavy atom. The molecule has 4 rings (SSSR count). The van der Waals surface area contributed by atoms with Crippen molar-refractivity contribution in [3.05, 3.63) is 70.3 Å². The average Bonchev–Trinajstić information content (AvgIpc) is 3.08. The number of hydrogen-bond acceptors (Lipinski definition) is 1. The molecule has 0 aromatic heterocycles. The monoisotopic (exact) mass is 385 g/mol. The van der Waals surface area contributed by atoms with Crippen LogP contribution >= 0.6 is 0 Å². The summed E-state index contributed by atoms with van der Waals surface area (Å²) in [4.78, 5) is 2.17. The van der Waals surface area contributed by atoms with Crippen LogP contribution in [0.4, 0.5) is 26.3 Å². The molecule has 1 saturated heterocycles. The van der Waals surface area contributed by atoms with Crippen LogP contribution in [-0.4, -0.2) is 18.0 Å². The maximum Gasteiger partial charge on any atom is 0.416 e. The smallest absolute Gasteiger partial charge is 0.295 e. The van der Waals surface area contributed by atoms with Gasteiger partial charge in [-0.05, 0) is 54.3 Å². The van der Waals surface area contributed by atoms with Gasteiger partial charge in [0.15, 0.2) is 0 Å². The molecule has 1 fully saturated rings. The van der Waals surface area contributed by atoms with Gasteiger partial charge in [0.1, 0.15) is 0 Å². The highest BCUT2D eigenvalue weighted by Crippen LogP contribution is 2.46. The lowest BCUT2D eigenvalue weighted by atomic mass is 9.81. The molecule has 2 aliphatic heterocycles. The minimum absolute atomic E-state index is 0.0648. The Morgan fingerprint density at radius 2 is 1.41 bits per heavy atom. The molecule has 0 radical (unpaired) electrons. The summed E-state index contributed by atoms with van der Waals surface area (Å²) in [6.07, 6.45) is -7.73. The zero-order valence-electron chi connectivity index (χ0n) is 14.2. The van der Waals surface area contributed by atoms with Crippen LogP contribution in [0.2, 0.25) is 0 Å². The van der Waals surface area contributed by atoms with E-state index in [2.05, 4.69) is 4.90 Å². The number of halogens is 6. The van der Waals surface area contributed by atoms with Gasteiger partial charge in [-0.25, -0.2) is 0 Å². The fourth-order valence-corrected chi connectivity index (χ4v) is 4.33. The first-order valence-corrected chi connectivity index (χ1v) is 8.77. The van der Waals surface area contributed by atoms with Crippen LogP contribution < -0.4 is 0 Å². The van der Waals surface area contributed by atoms with Gasteiger partial charge in [-0.2, -0.15) is 26.3 Å². The van der Waals surface area contributed by atoms with E-state index in [9.17, 15) is 26.3 Å². The fourth-order valence-electron chi connectivity index (χ4n) is 4.33. The van der Waals surface area contributed by atoms with Crippen LogP contribution in [0.3, 0.4) is 0 Å². The van der Waals surface area contributed by atoms with E-state index in [1.54, 1.807) is 6.07 Å². The van der Waals surface area contributed by atoms with E-state index in [0.29, 0.717) is 6.54 Å². The third-order valence-electron chi connectivity index (χ3n) is 5.52. The highest BCUT2D eigenvalue weighted by molar-refractivity contribution is 5.45. The SMILES string of the molecule is FC(F)(F)c1cc([C@@H]2CN3CCC[C@H]3c3ccccc32)cc(C(F)(F)F)c1. The molecule has 0 N–H and O–H groups in total. The van der Waals surface area contributed by atoms with E-state index in [4.69, 9.17) is 0 Å². The topological polar surface area (TPSA) is 3.24 Å². The lowest BCUT2D eigenvalue weighted by molar-refractivity contribution is -0.143. The Labute approximate surface area is 152 Å². The largest absolute Gasteiger partial charge is 0.416 e. The normalized spacial score (nSPS) is 23.2. The Morgan fingerprint density at radius 1 is 0.815 bits per heavy atom. The first-order chi connectivity index (χ1) is 12.6. The highest BCUT2D eigenvalue weighted by Gasteiger charge is 2.40. The Hall–Kier alpha value is -2.02. The van der Waals surface area contributed by atoms with Crippen LogP contribution in [0.1, 0.15) is 52.6 Å². The van der Waals surface area contributed by atoms with Gasteiger partial charge in [0.25, 0.3) is 0 Å². The number of rotatable bonds is 1. The van der Waals surface area contributed by atoms with E-state index in [-0.39, 0.29) is 17.7 Å². The standard InChI is InChI=1S/C20H17F6N/c21-19(22,23)13-8-12(9-14(10-13)20(24,25)26)17-11-27-7-3-6-18(27)16-5-2-1-4-15(16)17/h1-2,4-5,8-10,17-18H,3,6-7,11H2/t17-,18-/m0/s1. The molecule has 1 nitrogen and oxygen atoms in total. The van der Waals surface area contributed by atoms with Gasteiger partial charge in [0, 0.05) is 18.5 Å². The zero-order valence-corrected chi connectivity index (χ0v) is 14.2.